The van der Waals surface area contributed by atoms with E-state index in [1.165, 1.54) is 16.3 Å². The number of hydrogen-bond donors (Lipinski definition) is 2. The summed E-state index contributed by atoms with van der Waals surface area (Å²) in [7, 11) is 0. The molecule has 0 saturated carbocycles. The van der Waals surface area contributed by atoms with Gasteiger partial charge in [-0.1, -0.05) is 24.3 Å². The fraction of sp³-hybridized carbons (Fsp3) is 0.412. The van der Waals surface area contributed by atoms with Gasteiger partial charge in [0.1, 0.15) is 0 Å². The smallest absolute Gasteiger partial charge is 0.0483 e. The van der Waals surface area contributed by atoms with Crippen molar-refractivity contribution in [3.05, 3.63) is 42.0 Å². The zero-order chi connectivity index (χ0) is 14.0. The minimum absolute atomic E-state index is 0.163. The summed E-state index contributed by atoms with van der Waals surface area (Å²) in [5.74, 6) is 0. The monoisotopic (exact) mass is 270 g/mol. The number of fused-ring (bicyclic) bond motifs is 1. The molecule has 106 valence electrons. The number of ether oxygens (including phenoxy) is 1. The first kappa shape index (κ1) is 13.4. The number of anilines is 1. The fourth-order valence-electron chi connectivity index (χ4n) is 2.77. The van der Waals surface area contributed by atoms with E-state index in [0.29, 0.717) is 0 Å². The standard InChI is InChI=1S/C17H22N2O/c1-17(6-8-20-9-7-17)19-12-15-10-13-4-2-3-5-14(13)11-16(15)18/h2-5,10-11,19H,6-9,12,18H2,1H3. The van der Waals surface area contributed by atoms with Crippen LogP contribution in [0.25, 0.3) is 10.8 Å². The maximum atomic E-state index is 6.18. The van der Waals surface area contributed by atoms with Gasteiger partial charge in [-0.25, -0.2) is 0 Å². The lowest BCUT2D eigenvalue weighted by atomic mass is 9.92. The maximum Gasteiger partial charge on any atom is 0.0483 e. The summed E-state index contributed by atoms with van der Waals surface area (Å²) < 4.78 is 5.43. The molecule has 1 fully saturated rings. The summed E-state index contributed by atoms with van der Waals surface area (Å²) >= 11 is 0. The Bertz CT molecular complexity index is 603. The van der Waals surface area contributed by atoms with E-state index in [1.54, 1.807) is 0 Å². The van der Waals surface area contributed by atoms with Crippen molar-refractivity contribution >= 4 is 16.5 Å². The summed E-state index contributed by atoms with van der Waals surface area (Å²) in [5.41, 5.74) is 8.39. The zero-order valence-electron chi connectivity index (χ0n) is 12.0. The predicted octanol–water partition coefficient (Wildman–Crippen LogP) is 3.08. The van der Waals surface area contributed by atoms with Gasteiger partial charge in [0, 0.05) is 31.0 Å². The molecule has 2 aromatic carbocycles. The molecule has 20 heavy (non-hydrogen) atoms. The molecule has 2 aromatic rings. The van der Waals surface area contributed by atoms with E-state index in [-0.39, 0.29) is 5.54 Å². The number of nitrogens with two attached hydrogens (primary N) is 1. The molecule has 3 heteroatoms. The van der Waals surface area contributed by atoms with E-state index in [9.17, 15) is 0 Å². The molecule has 0 radical (unpaired) electrons. The molecular formula is C17H22N2O. The van der Waals surface area contributed by atoms with E-state index in [0.717, 1.165) is 38.3 Å². The lowest BCUT2D eigenvalue weighted by Crippen LogP contribution is -2.46. The number of rotatable bonds is 3. The number of hydrogen-bond acceptors (Lipinski definition) is 3. The Kier molecular flexibility index (Phi) is 3.64. The molecule has 1 aliphatic rings. The second-order valence-electron chi connectivity index (χ2n) is 5.92. The van der Waals surface area contributed by atoms with Crippen molar-refractivity contribution in [2.24, 2.45) is 0 Å². The highest BCUT2D eigenvalue weighted by Gasteiger charge is 2.26. The number of nitrogens with one attached hydrogen (secondary N) is 1. The minimum Gasteiger partial charge on any atom is -0.398 e. The van der Waals surface area contributed by atoms with Crippen molar-refractivity contribution in [3.8, 4) is 0 Å². The second-order valence-corrected chi connectivity index (χ2v) is 5.92. The molecule has 0 atom stereocenters. The number of nitrogen functional groups attached to an aromatic ring is 1. The van der Waals surface area contributed by atoms with Gasteiger partial charge >= 0.3 is 0 Å². The first-order chi connectivity index (χ1) is 9.66. The van der Waals surface area contributed by atoms with Crippen LogP contribution < -0.4 is 11.1 Å². The molecule has 3 nitrogen and oxygen atoms in total. The first-order valence-electron chi connectivity index (χ1n) is 7.26. The highest BCUT2D eigenvalue weighted by Crippen LogP contribution is 2.24. The van der Waals surface area contributed by atoms with Crippen molar-refractivity contribution in [2.45, 2.75) is 31.8 Å². The lowest BCUT2D eigenvalue weighted by Gasteiger charge is -2.34. The average Bonchev–Trinajstić information content (AvgIpc) is 2.46. The van der Waals surface area contributed by atoms with Gasteiger partial charge in [-0.2, -0.15) is 0 Å². The Morgan fingerprint density at radius 1 is 1.15 bits per heavy atom. The number of benzene rings is 2. The summed E-state index contributed by atoms with van der Waals surface area (Å²) in [5, 5.41) is 6.11. The Morgan fingerprint density at radius 2 is 1.80 bits per heavy atom. The maximum absolute atomic E-state index is 6.18. The second kappa shape index (κ2) is 5.43. The van der Waals surface area contributed by atoms with Crippen LogP contribution in [0, 0.1) is 0 Å². The normalized spacial score (nSPS) is 18.2. The molecule has 0 amide bonds. The highest BCUT2D eigenvalue weighted by molar-refractivity contribution is 5.86. The molecule has 0 spiro atoms. The van der Waals surface area contributed by atoms with Crippen molar-refractivity contribution in [1.82, 2.24) is 5.32 Å². The topological polar surface area (TPSA) is 47.3 Å². The predicted molar refractivity (Wildman–Crippen MR) is 83.7 cm³/mol. The van der Waals surface area contributed by atoms with E-state index in [2.05, 4.69) is 42.6 Å². The third-order valence-electron chi connectivity index (χ3n) is 4.31. The van der Waals surface area contributed by atoms with Crippen molar-refractivity contribution in [3.63, 3.8) is 0 Å². The first-order valence-corrected chi connectivity index (χ1v) is 7.26. The lowest BCUT2D eigenvalue weighted by molar-refractivity contribution is 0.0446. The zero-order valence-corrected chi connectivity index (χ0v) is 12.0. The average molecular weight is 270 g/mol. The van der Waals surface area contributed by atoms with E-state index in [4.69, 9.17) is 10.5 Å². The SMILES string of the molecule is CC1(NCc2cc3ccccc3cc2N)CCOCC1. The van der Waals surface area contributed by atoms with Crippen LogP contribution in [-0.4, -0.2) is 18.8 Å². The Morgan fingerprint density at radius 3 is 2.50 bits per heavy atom. The summed E-state index contributed by atoms with van der Waals surface area (Å²) in [4.78, 5) is 0. The van der Waals surface area contributed by atoms with Crippen LogP contribution in [0.2, 0.25) is 0 Å². The van der Waals surface area contributed by atoms with Crippen LogP contribution >= 0.6 is 0 Å². The van der Waals surface area contributed by atoms with Gasteiger partial charge in [-0.15, -0.1) is 0 Å². The van der Waals surface area contributed by atoms with Crippen molar-refractivity contribution < 1.29 is 4.74 Å². The molecule has 1 heterocycles. The van der Waals surface area contributed by atoms with Crippen LogP contribution in [-0.2, 0) is 11.3 Å². The van der Waals surface area contributed by atoms with Gasteiger partial charge < -0.3 is 15.8 Å². The Balaban J connectivity index is 1.78. The van der Waals surface area contributed by atoms with Crippen molar-refractivity contribution in [1.29, 1.82) is 0 Å². The van der Waals surface area contributed by atoms with Crippen LogP contribution in [0.1, 0.15) is 25.3 Å². The third-order valence-corrected chi connectivity index (χ3v) is 4.31. The van der Waals surface area contributed by atoms with Crippen molar-refractivity contribution in [2.75, 3.05) is 18.9 Å². The van der Waals surface area contributed by atoms with Crippen LogP contribution in [0.5, 0.6) is 0 Å². The molecule has 0 aromatic heterocycles. The van der Waals surface area contributed by atoms with E-state index in [1.807, 2.05) is 6.07 Å². The third kappa shape index (κ3) is 2.79. The van der Waals surface area contributed by atoms with Gasteiger partial charge in [0.2, 0.25) is 0 Å². The summed E-state index contributed by atoms with van der Waals surface area (Å²) in [6.07, 6.45) is 2.11. The van der Waals surface area contributed by atoms with Gasteiger partial charge in [0.25, 0.3) is 0 Å². The van der Waals surface area contributed by atoms with E-state index >= 15 is 0 Å². The Hall–Kier alpha value is -1.58. The fourth-order valence-corrected chi connectivity index (χ4v) is 2.77. The molecule has 0 aliphatic carbocycles. The molecule has 3 rings (SSSR count). The molecule has 0 unspecified atom stereocenters. The van der Waals surface area contributed by atoms with Gasteiger partial charge in [0.15, 0.2) is 0 Å². The van der Waals surface area contributed by atoms with Gasteiger partial charge in [-0.05, 0) is 48.2 Å². The molecular weight excluding hydrogens is 248 g/mol. The highest BCUT2D eigenvalue weighted by atomic mass is 16.5. The molecule has 1 saturated heterocycles. The van der Waals surface area contributed by atoms with Crippen LogP contribution in [0.3, 0.4) is 0 Å². The largest absolute Gasteiger partial charge is 0.398 e. The summed E-state index contributed by atoms with van der Waals surface area (Å²) in [6, 6.07) is 12.6. The van der Waals surface area contributed by atoms with Crippen LogP contribution in [0.15, 0.2) is 36.4 Å². The minimum atomic E-state index is 0.163. The molecule has 3 N–H and O–H groups in total. The molecule has 0 bridgehead atoms. The Labute approximate surface area is 120 Å². The molecule has 1 aliphatic heterocycles. The van der Waals surface area contributed by atoms with Gasteiger partial charge in [0.05, 0.1) is 0 Å². The van der Waals surface area contributed by atoms with E-state index < -0.39 is 0 Å². The van der Waals surface area contributed by atoms with Crippen LogP contribution in [0.4, 0.5) is 5.69 Å². The van der Waals surface area contributed by atoms with Gasteiger partial charge in [-0.3, -0.25) is 0 Å². The quantitative estimate of drug-likeness (QED) is 0.843. The summed E-state index contributed by atoms with van der Waals surface area (Å²) in [6.45, 7) is 4.77.